The zero-order valence-electron chi connectivity index (χ0n) is 13.6. The molecule has 1 aromatic rings. The number of carbonyl (C=O) groups is 2. The highest BCUT2D eigenvalue weighted by atomic mass is 32.2. The molecule has 9 heteroatoms. The SMILES string of the molecule is CCOC(=O)Cc1csc(NC(=O)CSC(=S)N2CCCCC2)n1. The number of thiazole rings is 1. The fraction of sp³-hybridized carbons (Fsp3) is 0.600. The van der Waals surface area contributed by atoms with Gasteiger partial charge < -0.3 is 15.0 Å². The smallest absolute Gasteiger partial charge is 0.311 e. The van der Waals surface area contributed by atoms with Gasteiger partial charge in [-0.15, -0.1) is 11.3 Å². The average Bonchev–Trinajstić information content (AvgIpc) is 3.00. The summed E-state index contributed by atoms with van der Waals surface area (Å²) in [4.78, 5) is 29.8. The van der Waals surface area contributed by atoms with Crippen LogP contribution >= 0.6 is 35.3 Å². The van der Waals surface area contributed by atoms with E-state index in [-0.39, 0.29) is 24.1 Å². The standard InChI is InChI=1S/C15H21N3O3S3/c1-2-21-13(20)8-11-9-23-14(16-11)17-12(19)10-24-15(22)18-6-4-3-5-7-18/h9H,2-8,10H2,1H3,(H,16,17,19). The van der Waals surface area contributed by atoms with Crippen LogP contribution in [0.2, 0.25) is 0 Å². The summed E-state index contributed by atoms with van der Waals surface area (Å²) in [7, 11) is 0. The number of esters is 1. The van der Waals surface area contributed by atoms with Crippen molar-refractivity contribution in [3.05, 3.63) is 11.1 Å². The van der Waals surface area contributed by atoms with Gasteiger partial charge in [-0.2, -0.15) is 0 Å². The highest BCUT2D eigenvalue weighted by Crippen LogP contribution is 2.18. The predicted octanol–water partition coefficient (Wildman–Crippen LogP) is 2.69. The summed E-state index contributed by atoms with van der Waals surface area (Å²) < 4.78 is 5.66. The second-order valence-corrected chi connectivity index (χ2v) is 7.74. The molecular weight excluding hydrogens is 366 g/mol. The van der Waals surface area contributed by atoms with Crippen LogP contribution in [0.1, 0.15) is 31.9 Å². The third-order valence-electron chi connectivity index (χ3n) is 3.37. The molecule has 0 atom stereocenters. The molecular formula is C15H21N3O3S3. The van der Waals surface area contributed by atoms with E-state index in [0.29, 0.717) is 17.4 Å². The van der Waals surface area contributed by atoms with Crippen LogP contribution in [0.25, 0.3) is 0 Å². The quantitative estimate of drug-likeness (QED) is 0.594. The fourth-order valence-corrected chi connectivity index (χ4v) is 4.03. The third-order valence-corrected chi connectivity index (χ3v) is 5.70. The minimum absolute atomic E-state index is 0.119. The summed E-state index contributed by atoms with van der Waals surface area (Å²) >= 11 is 8.06. The molecule has 0 radical (unpaired) electrons. The summed E-state index contributed by atoms with van der Waals surface area (Å²) in [5, 5.41) is 4.98. The monoisotopic (exact) mass is 387 g/mol. The third kappa shape index (κ3) is 6.37. The lowest BCUT2D eigenvalue weighted by atomic mass is 10.1. The van der Waals surface area contributed by atoms with E-state index in [9.17, 15) is 9.59 Å². The fourth-order valence-electron chi connectivity index (χ4n) is 2.26. The molecule has 0 spiro atoms. The van der Waals surface area contributed by atoms with Crippen LogP contribution in [0.5, 0.6) is 0 Å². The van der Waals surface area contributed by atoms with E-state index in [0.717, 1.165) is 30.3 Å². The Morgan fingerprint density at radius 1 is 1.42 bits per heavy atom. The molecule has 0 aliphatic carbocycles. The Morgan fingerprint density at radius 3 is 2.88 bits per heavy atom. The number of amides is 1. The molecule has 0 saturated carbocycles. The van der Waals surface area contributed by atoms with Crippen LogP contribution in [0.3, 0.4) is 0 Å². The summed E-state index contributed by atoms with van der Waals surface area (Å²) in [6.45, 7) is 4.08. The molecule has 1 N–H and O–H groups in total. The van der Waals surface area contributed by atoms with E-state index < -0.39 is 0 Å². The van der Waals surface area contributed by atoms with Crippen LogP contribution < -0.4 is 5.32 Å². The first-order valence-corrected chi connectivity index (χ1v) is 10.2. The second-order valence-electron chi connectivity index (χ2n) is 5.28. The van der Waals surface area contributed by atoms with Gasteiger partial charge in [-0.1, -0.05) is 24.0 Å². The largest absolute Gasteiger partial charge is 0.466 e. The summed E-state index contributed by atoms with van der Waals surface area (Å²) in [6, 6.07) is 0. The molecule has 2 rings (SSSR count). The zero-order chi connectivity index (χ0) is 17.4. The molecule has 1 fully saturated rings. The number of carbonyl (C=O) groups excluding carboxylic acids is 2. The number of aromatic nitrogens is 1. The molecule has 1 aromatic heterocycles. The van der Waals surface area contributed by atoms with Gasteiger partial charge in [0.2, 0.25) is 5.91 Å². The van der Waals surface area contributed by atoms with Gasteiger partial charge in [0.1, 0.15) is 4.32 Å². The molecule has 0 unspecified atom stereocenters. The molecule has 6 nitrogen and oxygen atoms in total. The van der Waals surface area contributed by atoms with Gasteiger partial charge in [-0.25, -0.2) is 4.98 Å². The van der Waals surface area contributed by atoms with Crippen LogP contribution in [-0.2, 0) is 20.7 Å². The summed E-state index contributed by atoms with van der Waals surface area (Å²) in [5.41, 5.74) is 0.602. The Labute approximate surface area is 155 Å². The maximum Gasteiger partial charge on any atom is 0.311 e. The van der Waals surface area contributed by atoms with Gasteiger partial charge in [0.15, 0.2) is 5.13 Å². The van der Waals surface area contributed by atoms with E-state index in [1.807, 2.05) is 0 Å². The van der Waals surface area contributed by atoms with Crippen molar-refractivity contribution in [2.45, 2.75) is 32.6 Å². The lowest BCUT2D eigenvalue weighted by Gasteiger charge is -2.28. The highest BCUT2D eigenvalue weighted by Gasteiger charge is 2.16. The Balaban J connectivity index is 1.73. The van der Waals surface area contributed by atoms with Crippen molar-refractivity contribution >= 4 is 56.6 Å². The number of piperidine rings is 1. The van der Waals surface area contributed by atoms with Gasteiger partial charge in [0.25, 0.3) is 0 Å². The maximum absolute atomic E-state index is 12.0. The summed E-state index contributed by atoms with van der Waals surface area (Å²) in [6.07, 6.45) is 3.70. The number of hydrogen-bond acceptors (Lipinski definition) is 7. The number of nitrogens with one attached hydrogen (secondary N) is 1. The Kier molecular flexibility index (Phi) is 7.93. The number of anilines is 1. The maximum atomic E-state index is 12.0. The van der Waals surface area contributed by atoms with Crippen molar-refractivity contribution in [3.8, 4) is 0 Å². The van der Waals surface area contributed by atoms with E-state index in [2.05, 4.69) is 15.2 Å². The number of hydrogen-bond donors (Lipinski definition) is 1. The summed E-state index contributed by atoms with van der Waals surface area (Å²) in [5.74, 6) is -0.193. The first-order valence-electron chi connectivity index (χ1n) is 7.90. The Hall–Kier alpha value is -1.19. The van der Waals surface area contributed by atoms with Crippen LogP contribution in [-0.4, -0.2) is 51.5 Å². The molecule has 132 valence electrons. The van der Waals surface area contributed by atoms with Crippen molar-refractivity contribution < 1.29 is 14.3 Å². The van der Waals surface area contributed by atoms with Crippen molar-refractivity contribution in [3.63, 3.8) is 0 Å². The minimum Gasteiger partial charge on any atom is -0.466 e. The topological polar surface area (TPSA) is 71.5 Å². The van der Waals surface area contributed by atoms with Crippen molar-refractivity contribution in [1.82, 2.24) is 9.88 Å². The molecule has 1 amide bonds. The number of thiocarbonyl (C=S) groups is 1. The lowest BCUT2D eigenvalue weighted by molar-refractivity contribution is -0.142. The van der Waals surface area contributed by atoms with Crippen LogP contribution in [0, 0.1) is 0 Å². The van der Waals surface area contributed by atoms with Crippen LogP contribution in [0.15, 0.2) is 5.38 Å². The van der Waals surface area contributed by atoms with Crippen LogP contribution in [0.4, 0.5) is 5.13 Å². The first kappa shape index (κ1) is 19.1. The van der Waals surface area contributed by atoms with Gasteiger partial charge in [0, 0.05) is 18.5 Å². The van der Waals surface area contributed by atoms with E-state index in [4.69, 9.17) is 17.0 Å². The number of ether oxygens (including phenoxy) is 1. The van der Waals surface area contributed by atoms with Gasteiger partial charge in [0.05, 0.1) is 24.5 Å². The van der Waals surface area contributed by atoms with Crippen molar-refractivity contribution in [1.29, 1.82) is 0 Å². The highest BCUT2D eigenvalue weighted by molar-refractivity contribution is 8.23. The van der Waals surface area contributed by atoms with Crippen molar-refractivity contribution in [2.75, 3.05) is 30.8 Å². The second kappa shape index (κ2) is 9.95. The minimum atomic E-state index is -0.317. The molecule has 1 saturated heterocycles. The Bertz CT molecular complexity index is 586. The number of rotatable bonds is 6. The van der Waals surface area contributed by atoms with Gasteiger partial charge in [-0.3, -0.25) is 9.59 Å². The number of likely N-dealkylation sites (tertiary alicyclic amines) is 1. The Morgan fingerprint density at radius 2 is 2.17 bits per heavy atom. The number of nitrogens with zero attached hydrogens (tertiary/aromatic N) is 2. The van der Waals surface area contributed by atoms with Gasteiger partial charge in [-0.05, 0) is 26.2 Å². The van der Waals surface area contributed by atoms with E-state index in [1.165, 1.54) is 29.5 Å². The number of thioether (sulfide) groups is 1. The molecule has 1 aliphatic rings. The van der Waals surface area contributed by atoms with Gasteiger partial charge >= 0.3 is 5.97 Å². The van der Waals surface area contributed by atoms with E-state index >= 15 is 0 Å². The molecule has 24 heavy (non-hydrogen) atoms. The lowest BCUT2D eigenvalue weighted by Crippen LogP contribution is -2.33. The average molecular weight is 388 g/mol. The molecule has 2 heterocycles. The molecule has 0 aromatic carbocycles. The van der Waals surface area contributed by atoms with E-state index in [1.54, 1.807) is 12.3 Å². The predicted molar refractivity (Wildman–Crippen MR) is 102 cm³/mol. The normalized spacial score (nSPS) is 14.3. The first-order chi connectivity index (χ1) is 11.6. The molecule has 0 bridgehead atoms. The molecule has 1 aliphatic heterocycles. The zero-order valence-corrected chi connectivity index (χ0v) is 16.0. The van der Waals surface area contributed by atoms with Crippen molar-refractivity contribution in [2.24, 2.45) is 0 Å².